The molecule has 2 fully saturated rings. The minimum atomic E-state index is -0.942. The summed E-state index contributed by atoms with van der Waals surface area (Å²) in [6, 6.07) is 6.13. The molecule has 3 aromatic rings. The molecule has 2 aliphatic rings. The van der Waals surface area contributed by atoms with Gasteiger partial charge >= 0.3 is 5.97 Å². The molecular weight excluding hydrogens is 434 g/mol. The molecule has 1 aliphatic heterocycles. The van der Waals surface area contributed by atoms with E-state index in [0.717, 1.165) is 56.4 Å². The van der Waals surface area contributed by atoms with Crippen molar-refractivity contribution in [1.82, 2.24) is 24.4 Å². The summed E-state index contributed by atoms with van der Waals surface area (Å²) in [4.78, 5) is 30.1. The number of aliphatic hydroxyl groups is 1. The minimum absolute atomic E-state index is 0.156. The van der Waals surface area contributed by atoms with Crippen molar-refractivity contribution in [2.45, 2.75) is 44.7 Å². The van der Waals surface area contributed by atoms with Crippen LogP contribution in [0.3, 0.4) is 0 Å². The molecule has 1 saturated carbocycles. The molecule has 0 bridgehead atoms. The molecule has 10 nitrogen and oxygen atoms in total. The zero-order valence-electron chi connectivity index (χ0n) is 19.4. The van der Waals surface area contributed by atoms with Crippen molar-refractivity contribution in [3.05, 3.63) is 36.3 Å². The highest BCUT2D eigenvalue weighted by Crippen LogP contribution is 2.34. The van der Waals surface area contributed by atoms with Crippen LogP contribution >= 0.6 is 0 Å². The number of rotatable bonds is 7. The Morgan fingerprint density at radius 3 is 2.68 bits per heavy atom. The molecule has 0 aromatic carbocycles. The molecule has 3 N–H and O–H groups in total. The molecule has 0 amide bonds. The van der Waals surface area contributed by atoms with E-state index in [1.54, 1.807) is 12.3 Å². The zero-order chi connectivity index (χ0) is 23.7. The fraction of sp³-hybridized carbons (Fsp3) is 0.500. The topological polar surface area (TPSA) is 120 Å². The van der Waals surface area contributed by atoms with Gasteiger partial charge in [-0.1, -0.05) is 12.8 Å². The minimum Gasteiger partial charge on any atom is -0.477 e. The maximum atomic E-state index is 11.8. The van der Waals surface area contributed by atoms with Crippen molar-refractivity contribution in [3.8, 4) is 0 Å². The number of aliphatic hydroxyl groups excluding tert-OH is 1. The number of carboxylic acid groups (broad SMARTS) is 1. The summed E-state index contributed by atoms with van der Waals surface area (Å²) in [6.45, 7) is 5.76. The quantitative estimate of drug-likeness (QED) is 0.484. The Bertz CT molecular complexity index is 1160. The second-order valence-corrected chi connectivity index (χ2v) is 9.20. The second-order valence-electron chi connectivity index (χ2n) is 9.20. The first-order valence-electron chi connectivity index (χ1n) is 12.0. The number of β-amino-alcohol motifs (C(OH)–C–C–N with tert-alkyl or cyclic N) is 1. The molecular formula is C24H31N7O3. The van der Waals surface area contributed by atoms with Crippen LogP contribution in [0.1, 0.15) is 49.1 Å². The predicted octanol–water partition coefficient (Wildman–Crippen LogP) is 2.89. The lowest BCUT2D eigenvalue weighted by molar-refractivity contribution is 0.0683. The van der Waals surface area contributed by atoms with Gasteiger partial charge < -0.3 is 25.0 Å². The Morgan fingerprint density at radius 2 is 2.00 bits per heavy atom. The Labute approximate surface area is 198 Å². The van der Waals surface area contributed by atoms with Crippen molar-refractivity contribution in [2.24, 2.45) is 0 Å². The Hall–Kier alpha value is -3.24. The third-order valence-electron chi connectivity index (χ3n) is 6.99. The van der Waals surface area contributed by atoms with E-state index in [0.29, 0.717) is 30.0 Å². The summed E-state index contributed by atoms with van der Waals surface area (Å²) in [6.07, 6.45) is 7.65. The molecule has 1 saturated heterocycles. The van der Waals surface area contributed by atoms with E-state index in [2.05, 4.69) is 37.0 Å². The van der Waals surface area contributed by atoms with Gasteiger partial charge in [0, 0.05) is 49.8 Å². The smallest absolute Gasteiger partial charge is 0.352 e. The van der Waals surface area contributed by atoms with Gasteiger partial charge in [0.25, 0.3) is 0 Å². The summed E-state index contributed by atoms with van der Waals surface area (Å²) < 4.78 is 1.87. The molecule has 180 valence electrons. The number of hydrogen-bond donors (Lipinski definition) is 3. The largest absolute Gasteiger partial charge is 0.477 e. The van der Waals surface area contributed by atoms with Crippen molar-refractivity contribution >= 4 is 34.5 Å². The number of aromatic nitrogens is 4. The number of carbonyl (C=O) groups is 1. The van der Waals surface area contributed by atoms with Crippen LogP contribution < -0.4 is 10.2 Å². The summed E-state index contributed by atoms with van der Waals surface area (Å²) in [5.41, 5.74) is 1.97. The zero-order valence-corrected chi connectivity index (χ0v) is 19.4. The van der Waals surface area contributed by atoms with Crippen LogP contribution in [0.5, 0.6) is 0 Å². The van der Waals surface area contributed by atoms with Gasteiger partial charge in [-0.05, 0) is 38.0 Å². The molecule has 0 spiro atoms. The molecule has 0 unspecified atom stereocenters. The summed E-state index contributed by atoms with van der Waals surface area (Å²) >= 11 is 0. The van der Waals surface area contributed by atoms with Gasteiger partial charge in [-0.3, -0.25) is 4.90 Å². The normalized spacial score (nSPS) is 19.7. The Balaban J connectivity index is 1.33. The molecule has 1 aliphatic carbocycles. The molecule has 0 radical (unpaired) electrons. The SMILES string of the molecule is C[C@@H]1CN(c2ccc(Nc3ncc4cc(C(=O)O)n(C5CCCC5)c4n3)nc2)CCN1CCO. The van der Waals surface area contributed by atoms with E-state index >= 15 is 0 Å². The number of aromatic carboxylic acids is 1. The lowest BCUT2D eigenvalue weighted by Gasteiger charge is -2.40. The van der Waals surface area contributed by atoms with E-state index in [9.17, 15) is 15.0 Å². The maximum Gasteiger partial charge on any atom is 0.352 e. The van der Waals surface area contributed by atoms with Gasteiger partial charge in [0.05, 0.1) is 18.5 Å². The van der Waals surface area contributed by atoms with Crippen LogP contribution in [0.15, 0.2) is 30.6 Å². The van der Waals surface area contributed by atoms with Crippen LogP contribution in [0.25, 0.3) is 11.0 Å². The number of pyridine rings is 1. The molecule has 4 heterocycles. The van der Waals surface area contributed by atoms with Crippen LogP contribution in [0.2, 0.25) is 0 Å². The number of nitrogens with one attached hydrogen (secondary N) is 1. The maximum absolute atomic E-state index is 11.8. The third-order valence-corrected chi connectivity index (χ3v) is 6.99. The van der Waals surface area contributed by atoms with Crippen molar-refractivity contribution in [2.75, 3.05) is 43.0 Å². The van der Waals surface area contributed by atoms with Crippen molar-refractivity contribution < 1.29 is 15.0 Å². The van der Waals surface area contributed by atoms with Gasteiger partial charge in [0.2, 0.25) is 5.95 Å². The lowest BCUT2D eigenvalue weighted by atomic mass is 10.2. The average molecular weight is 466 g/mol. The van der Waals surface area contributed by atoms with E-state index in [1.165, 1.54) is 0 Å². The van der Waals surface area contributed by atoms with Crippen molar-refractivity contribution in [3.63, 3.8) is 0 Å². The van der Waals surface area contributed by atoms with E-state index < -0.39 is 5.97 Å². The van der Waals surface area contributed by atoms with Crippen LogP contribution in [0, 0.1) is 0 Å². The Kier molecular flexibility index (Phi) is 6.34. The van der Waals surface area contributed by atoms with E-state index in [4.69, 9.17) is 0 Å². The molecule has 5 rings (SSSR count). The number of piperazine rings is 1. The fourth-order valence-corrected chi connectivity index (χ4v) is 5.22. The predicted molar refractivity (Wildman–Crippen MR) is 130 cm³/mol. The average Bonchev–Trinajstić information content (AvgIpc) is 3.48. The highest BCUT2D eigenvalue weighted by molar-refractivity contribution is 5.93. The summed E-state index contributed by atoms with van der Waals surface area (Å²) in [5, 5.41) is 22.8. The van der Waals surface area contributed by atoms with Crippen LogP contribution in [-0.4, -0.2) is 79.4 Å². The first-order valence-corrected chi connectivity index (χ1v) is 12.0. The third kappa shape index (κ3) is 4.43. The van der Waals surface area contributed by atoms with Crippen LogP contribution in [0.4, 0.5) is 17.5 Å². The second kappa shape index (κ2) is 9.55. The van der Waals surface area contributed by atoms with E-state index in [1.807, 2.05) is 22.9 Å². The number of nitrogens with zero attached hydrogens (tertiary/aromatic N) is 6. The molecule has 3 aromatic heterocycles. The van der Waals surface area contributed by atoms with Gasteiger partial charge in [-0.25, -0.2) is 14.8 Å². The van der Waals surface area contributed by atoms with Crippen molar-refractivity contribution in [1.29, 1.82) is 0 Å². The monoisotopic (exact) mass is 465 g/mol. The highest BCUT2D eigenvalue weighted by atomic mass is 16.4. The van der Waals surface area contributed by atoms with Gasteiger partial charge in [0.15, 0.2) is 0 Å². The van der Waals surface area contributed by atoms with Gasteiger partial charge in [0.1, 0.15) is 17.2 Å². The number of carboxylic acids is 1. The first-order chi connectivity index (χ1) is 16.5. The molecule has 10 heteroatoms. The Morgan fingerprint density at radius 1 is 1.18 bits per heavy atom. The number of fused-ring (bicyclic) bond motifs is 1. The number of hydrogen-bond acceptors (Lipinski definition) is 8. The van der Waals surface area contributed by atoms with Crippen LogP contribution in [-0.2, 0) is 0 Å². The highest BCUT2D eigenvalue weighted by Gasteiger charge is 2.26. The molecule has 34 heavy (non-hydrogen) atoms. The standard InChI is InChI=1S/C24H31N7O3/c1-16-15-30(9-8-29(16)10-11-32)19-6-7-21(25-14-19)27-24-26-13-17-12-20(23(33)34)31(22(17)28-24)18-4-2-3-5-18/h6-7,12-14,16,18,32H,2-5,8-11,15H2,1H3,(H,33,34)(H,25,26,27,28)/t16-/m1/s1. The lowest BCUT2D eigenvalue weighted by Crippen LogP contribution is -2.52. The number of anilines is 3. The molecule has 1 atom stereocenters. The van der Waals surface area contributed by atoms with E-state index in [-0.39, 0.29) is 18.3 Å². The first kappa shape index (κ1) is 22.5. The fourth-order valence-electron chi connectivity index (χ4n) is 5.22. The van der Waals surface area contributed by atoms with Gasteiger partial charge in [-0.2, -0.15) is 4.98 Å². The summed E-state index contributed by atoms with van der Waals surface area (Å²) in [5.74, 6) is 0.0870. The van der Waals surface area contributed by atoms with Gasteiger partial charge in [-0.15, -0.1) is 0 Å². The summed E-state index contributed by atoms with van der Waals surface area (Å²) in [7, 11) is 0.